The van der Waals surface area contributed by atoms with Crippen LogP contribution in [0.2, 0.25) is 5.02 Å². The Morgan fingerprint density at radius 3 is 2.27 bits per heavy atom. The van der Waals surface area contributed by atoms with Gasteiger partial charge in [-0.15, -0.1) is 0 Å². The number of rotatable bonds is 5. The van der Waals surface area contributed by atoms with Crippen LogP contribution in [0.25, 0.3) is 0 Å². The largest absolute Gasteiger partial charge is 0.478 e. The van der Waals surface area contributed by atoms with E-state index in [1.807, 2.05) is 17.2 Å². The van der Waals surface area contributed by atoms with Crippen molar-refractivity contribution < 1.29 is 19.5 Å². The summed E-state index contributed by atoms with van der Waals surface area (Å²) in [6.07, 6.45) is 10.1. The van der Waals surface area contributed by atoms with Crippen LogP contribution in [0.15, 0.2) is 51.8 Å². The second kappa shape index (κ2) is 13.3. The maximum Gasteiger partial charge on any atom is 0.337 e. The minimum Gasteiger partial charge on any atom is -0.478 e. The Hall–Kier alpha value is -2.82. The van der Waals surface area contributed by atoms with Gasteiger partial charge in [0.25, 0.3) is 5.91 Å². The Morgan fingerprint density at radius 1 is 0.864 bits per heavy atom. The minimum absolute atomic E-state index is 0.00562. The lowest BCUT2D eigenvalue weighted by Gasteiger charge is -2.38. The zero-order chi connectivity index (χ0) is 31.0. The first-order valence-electron chi connectivity index (χ1n) is 15.1. The molecule has 1 aromatic carbocycles. The molecule has 0 spiro atoms. The number of benzene rings is 1. The highest BCUT2D eigenvalue weighted by Gasteiger charge is 2.37. The first-order chi connectivity index (χ1) is 21.2. The molecule has 0 saturated carbocycles. The number of piperidine rings is 2. The molecule has 2 fully saturated rings. The summed E-state index contributed by atoms with van der Waals surface area (Å²) in [6.45, 7) is 2.52. The molecule has 6 rings (SSSR count). The molecule has 1 atom stereocenters. The Morgan fingerprint density at radius 2 is 1.55 bits per heavy atom. The predicted molar refractivity (Wildman–Crippen MR) is 174 cm³/mol. The minimum atomic E-state index is -1.11. The maximum absolute atomic E-state index is 13.4. The summed E-state index contributed by atoms with van der Waals surface area (Å²) < 4.78 is 2.01. The van der Waals surface area contributed by atoms with Crippen LogP contribution in [-0.4, -0.2) is 68.8 Å². The quantitative estimate of drug-likeness (QED) is 0.310. The molecule has 2 amide bonds. The summed E-state index contributed by atoms with van der Waals surface area (Å²) in [6, 6.07) is 7.64. The van der Waals surface area contributed by atoms with Gasteiger partial charge < -0.3 is 14.9 Å². The van der Waals surface area contributed by atoms with E-state index in [9.17, 15) is 19.5 Å². The highest BCUT2D eigenvalue weighted by Crippen LogP contribution is 2.46. The third-order valence-corrected chi connectivity index (χ3v) is 10.7. The van der Waals surface area contributed by atoms with Crippen LogP contribution in [0.4, 0.5) is 0 Å². The smallest absolute Gasteiger partial charge is 0.337 e. The molecule has 3 aromatic rings. The topological polar surface area (TPSA) is 104 Å². The number of carbonyl (C=O) groups excluding carboxylic acids is 2. The zero-order valence-electron chi connectivity index (χ0n) is 24.1. The molecule has 2 saturated heterocycles. The number of nitrogens with zero attached hydrogens (tertiary/aromatic N) is 4. The molecule has 0 unspecified atom stereocenters. The van der Waals surface area contributed by atoms with E-state index in [1.165, 1.54) is 35.2 Å². The molecule has 8 nitrogen and oxygen atoms in total. The summed E-state index contributed by atoms with van der Waals surface area (Å²) in [4.78, 5) is 50.2. The highest BCUT2D eigenvalue weighted by molar-refractivity contribution is 9.10. The van der Waals surface area contributed by atoms with E-state index >= 15 is 0 Å². The number of aryl methyl sites for hydroxylation is 2. The molecule has 1 aliphatic carbocycles. The highest BCUT2D eigenvalue weighted by atomic mass is 79.9. The zero-order valence-corrected chi connectivity index (χ0v) is 28.1. The van der Waals surface area contributed by atoms with Gasteiger partial charge in [0.2, 0.25) is 5.91 Å². The first kappa shape index (κ1) is 31.2. The number of carboxylic acids is 1. The number of fused-ring (bicyclic) bond motifs is 2. The molecule has 2 aliphatic heterocycles. The van der Waals surface area contributed by atoms with Gasteiger partial charge in [0.05, 0.1) is 16.8 Å². The number of aromatic carboxylic acids is 1. The van der Waals surface area contributed by atoms with Crippen molar-refractivity contribution in [3.8, 4) is 0 Å². The van der Waals surface area contributed by atoms with E-state index in [-0.39, 0.29) is 34.8 Å². The fraction of sp³-hybridized carbons (Fsp3) is 0.424. The molecular weight excluding hydrogens is 712 g/mol. The first-order valence-corrected chi connectivity index (χ1v) is 17.0. The predicted octanol–water partition coefficient (Wildman–Crippen LogP) is 6.76. The van der Waals surface area contributed by atoms with Crippen molar-refractivity contribution in [2.45, 2.75) is 50.9 Å². The Balaban J connectivity index is 1.08. The molecule has 2 aromatic heterocycles. The molecule has 4 heterocycles. The van der Waals surface area contributed by atoms with Crippen molar-refractivity contribution in [1.29, 1.82) is 0 Å². The lowest BCUT2D eigenvalue weighted by atomic mass is 9.76. The van der Waals surface area contributed by atoms with Gasteiger partial charge in [-0.1, -0.05) is 27.5 Å². The number of halogens is 3. The van der Waals surface area contributed by atoms with Crippen LogP contribution in [0.3, 0.4) is 0 Å². The van der Waals surface area contributed by atoms with E-state index in [1.54, 1.807) is 4.90 Å². The molecular formula is C33H33Br2ClN4O4. The van der Waals surface area contributed by atoms with Gasteiger partial charge in [-0.05, 0) is 107 Å². The normalized spacial score (nSPS) is 19.2. The summed E-state index contributed by atoms with van der Waals surface area (Å²) in [5.41, 5.74) is 5.20. The van der Waals surface area contributed by atoms with E-state index in [2.05, 4.69) is 49.0 Å². The number of pyridine rings is 2. The molecule has 11 heteroatoms. The Labute approximate surface area is 278 Å². The molecule has 44 heavy (non-hydrogen) atoms. The van der Waals surface area contributed by atoms with Crippen LogP contribution in [0.1, 0.15) is 81.1 Å². The van der Waals surface area contributed by atoms with Gasteiger partial charge in [0.1, 0.15) is 0 Å². The molecule has 230 valence electrons. The molecule has 3 aliphatic rings. The summed E-state index contributed by atoms with van der Waals surface area (Å²) in [5.74, 6) is -0.443. The van der Waals surface area contributed by atoms with Gasteiger partial charge in [-0.2, -0.15) is 0 Å². The van der Waals surface area contributed by atoms with Crippen molar-refractivity contribution >= 4 is 61.2 Å². The van der Waals surface area contributed by atoms with Crippen LogP contribution in [0, 0.1) is 11.8 Å². The van der Waals surface area contributed by atoms with Gasteiger partial charge in [0, 0.05) is 71.1 Å². The second-order valence-electron chi connectivity index (χ2n) is 12.1. The van der Waals surface area contributed by atoms with E-state index in [0.29, 0.717) is 25.4 Å². The van der Waals surface area contributed by atoms with Gasteiger partial charge in [-0.3, -0.25) is 19.6 Å². The van der Waals surface area contributed by atoms with Crippen molar-refractivity contribution in [2.75, 3.05) is 26.2 Å². The molecule has 1 N–H and O–H groups in total. The average Bonchev–Trinajstić information content (AvgIpc) is 3.18. The second-order valence-corrected chi connectivity index (χ2v) is 14.3. The third-order valence-electron chi connectivity index (χ3n) is 9.38. The lowest BCUT2D eigenvalue weighted by Crippen LogP contribution is -2.43. The van der Waals surface area contributed by atoms with Crippen molar-refractivity contribution in [1.82, 2.24) is 19.8 Å². The fourth-order valence-corrected chi connectivity index (χ4v) is 8.58. The summed E-state index contributed by atoms with van der Waals surface area (Å²) >= 11 is 13.9. The van der Waals surface area contributed by atoms with Crippen molar-refractivity contribution in [3.63, 3.8) is 0 Å². The van der Waals surface area contributed by atoms with Crippen LogP contribution >= 0.6 is 43.5 Å². The number of likely N-dealkylation sites (tertiary alicyclic amines) is 2. The Bertz CT molecular complexity index is 1600. The number of hydrogen-bond donors (Lipinski definition) is 1. The van der Waals surface area contributed by atoms with E-state index in [0.717, 1.165) is 71.3 Å². The third kappa shape index (κ3) is 6.58. The Kier molecular flexibility index (Phi) is 9.40. The van der Waals surface area contributed by atoms with Gasteiger partial charge in [0.15, 0.2) is 0 Å². The average molecular weight is 745 g/mol. The fourth-order valence-electron chi connectivity index (χ4n) is 7.09. The monoisotopic (exact) mass is 742 g/mol. The van der Waals surface area contributed by atoms with Crippen LogP contribution < -0.4 is 0 Å². The summed E-state index contributed by atoms with van der Waals surface area (Å²) in [5, 5.41) is 9.95. The van der Waals surface area contributed by atoms with Crippen LogP contribution in [0.5, 0.6) is 0 Å². The van der Waals surface area contributed by atoms with E-state index in [4.69, 9.17) is 16.6 Å². The number of carbonyl (C=O) groups is 3. The van der Waals surface area contributed by atoms with Gasteiger partial charge >= 0.3 is 5.97 Å². The molecule has 0 radical (unpaired) electrons. The number of aromatic nitrogens is 2. The van der Waals surface area contributed by atoms with Crippen molar-refractivity contribution in [3.05, 3.63) is 90.3 Å². The number of amides is 2. The number of carboxylic acid groups (broad SMARTS) is 1. The SMILES string of the molecule is O=C(O)c1cncc(C(=O)N2CCC(CC(=O)N3CCC([C@H]4c5ncc(Br)cc5CCc5cc(Cl)cc(Br)c54)CC3)CC2)c1. The van der Waals surface area contributed by atoms with Gasteiger partial charge in [-0.25, -0.2) is 4.79 Å². The maximum atomic E-state index is 13.4. The standard InChI is InChI=1S/C33H33Br2ClN4O4/c34-25-13-22-2-1-21-14-26(36)15-27(35)29(21)30(31(22)38-18-25)20-5-9-39(10-6-20)28(41)11-19-3-7-40(8-4-19)32(42)23-12-24(33(43)44)17-37-16-23/h12-20,30H,1-11H2,(H,43,44)/t30-/m1/s1. The molecule has 0 bridgehead atoms. The lowest BCUT2D eigenvalue weighted by molar-refractivity contribution is -0.134. The van der Waals surface area contributed by atoms with Crippen molar-refractivity contribution in [2.24, 2.45) is 11.8 Å². The van der Waals surface area contributed by atoms with Crippen LogP contribution in [-0.2, 0) is 17.6 Å². The summed E-state index contributed by atoms with van der Waals surface area (Å²) in [7, 11) is 0. The number of hydrogen-bond acceptors (Lipinski definition) is 5. The van der Waals surface area contributed by atoms with E-state index < -0.39 is 5.97 Å².